The molecule has 1 aromatic heterocycles. The van der Waals surface area contributed by atoms with Crippen LogP contribution in [0.15, 0.2) is 15.0 Å². The average Bonchev–Trinajstić information content (AvgIpc) is 2.65. The molecule has 0 saturated carbocycles. The molecular formula is C10H9Br2ClN2O3S. The van der Waals surface area contributed by atoms with Crippen molar-refractivity contribution >= 4 is 63.3 Å². The number of amides is 1. The number of hydrogen-bond acceptors (Lipinski definition) is 4. The molecule has 0 spiro atoms. The molecule has 1 unspecified atom stereocenters. The lowest BCUT2D eigenvalue weighted by atomic mass is 10.3. The molecule has 19 heavy (non-hydrogen) atoms. The summed E-state index contributed by atoms with van der Waals surface area (Å²) in [6.07, 6.45) is -0.116. The summed E-state index contributed by atoms with van der Waals surface area (Å²) in [6.45, 7) is 1.81. The van der Waals surface area contributed by atoms with Crippen LogP contribution in [0.1, 0.15) is 12.1 Å². The smallest absolute Gasteiger partial charge is 0.237 e. The van der Waals surface area contributed by atoms with Gasteiger partial charge in [-0.3, -0.25) is 9.69 Å². The molecule has 1 amide bonds. The monoisotopic (exact) mass is 430 g/mol. The van der Waals surface area contributed by atoms with Gasteiger partial charge in [-0.05, 0) is 44.8 Å². The standard InChI is InChI=1S/C10H9Br2ClN2O3S/c1-5-7(11)3-8(12)10(14-5)15-4-6(2-9(15)16)19(13,17)18/h3,6H,2,4H2,1H3. The van der Waals surface area contributed by atoms with E-state index in [0.29, 0.717) is 16.0 Å². The number of halogens is 3. The fraction of sp³-hybridized carbons (Fsp3) is 0.400. The average molecular weight is 433 g/mol. The number of pyridine rings is 1. The predicted octanol–water partition coefficient (Wildman–Crippen LogP) is 2.59. The van der Waals surface area contributed by atoms with Crippen LogP contribution in [0.25, 0.3) is 0 Å². The van der Waals surface area contributed by atoms with E-state index < -0.39 is 14.3 Å². The SMILES string of the molecule is Cc1nc(N2CC(S(=O)(=O)Cl)CC2=O)c(Br)cc1Br. The van der Waals surface area contributed by atoms with Crippen LogP contribution in [-0.2, 0) is 13.8 Å². The molecule has 9 heteroatoms. The van der Waals surface area contributed by atoms with Gasteiger partial charge in [-0.15, -0.1) is 0 Å². The highest BCUT2D eigenvalue weighted by Crippen LogP contribution is 2.33. The second kappa shape index (κ2) is 5.31. The summed E-state index contributed by atoms with van der Waals surface area (Å²) in [5.41, 5.74) is 0.711. The number of carbonyl (C=O) groups excluding carboxylic acids is 1. The van der Waals surface area contributed by atoms with E-state index in [1.807, 2.05) is 0 Å². The zero-order valence-corrected chi connectivity index (χ0v) is 14.5. The summed E-state index contributed by atoms with van der Waals surface area (Å²) in [7, 11) is 1.56. The fourth-order valence-electron chi connectivity index (χ4n) is 1.80. The molecule has 0 radical (unpaired) electrons. The summed E-state index contributed by atoms with van der Waals surface area (Å²) in [4.78, 5) is 17.5. The zero-order chi connectivity index (χ0) is 14.4. The van der Waals surface area contributed by atoms with Gasteiger partial charge in [0.1, 0.15) is 11.1 Å². The Morgan fingerprint density at radius 1 is 1.42 bits per heavy atom. The Kier molecular flexibility index (Phi) is 4.25. The van der Waals surface area contributed by atoms with E-state index in [0.717, 1.165) is 4.47 Å². The number of carbonyl (C=O) groups is 1. The number of aryl methyl sites for hydroxylation is 1. The number of rotatable bonds is 2. The number of anilines is 1. The Hall–Kier alpha value is -0.180. The number of nitrogens with zero attached hydrogens (tertiary/aromatic N) is 2. The Morgan fingerprint density at radius 3 is 2.58 bits per heavy atom. The Balaban J connectivity index is 2.39. The van der Waals surface area contributed by atoms with E-state index in [-0.39, 0.29) is 18.9 Å². The molecule has 0 aliphatic carbocycles. The highest BCUT2D eigenvalue weighted by Gasteiger charge is 2.39. The topological polar surface area (TPSA) is 67.3 Å². The second-order valence-electron chi connectivity index (χ2n) is 4.17. The summed E-state index contributed by atoms with van der Waals surface area (Å²) in [6, 6.07) is 1.77. The van der Waals surface area contributed by atoms with Crippen molar-refractivity contribution in [1.82, 2.24) is 4.98 Å². The minimum atomic E-state index is -3.75. The highest BCUT2D eigenvalue weighted by atomic mass is 79.9. The molecule has 5 nitrogen and oxygen atoms in total. The molecule has 2 heterocycles. The van der Waals surface area contributed by atoms with E-state index in [9.17, 15) is 13.2 Å². The van der Waals surface area contributed by atoms with Crippen LogP contribution in [0.3, 0.4) is 0 Å². The van der Waals surface area contributed by atoms with Gasteiger partial charge in [-0.2, -0.15) is 0 Å². The van der Waals surface area contributed by atoms with Crippen molar-refractivity contribution in [3.63, 3.8) is 0 Å². The maximum atomic E-state index is 11.9. The lowest BCUT2D eigenvalue weighted by Gasteiger charge is -2.17. The first kappa shape index (κ1) is 15.2. The molecule has 1 saturated heterocycles. The maximum absolute atomic E-state index is 11.9. The third-order valence-electron chi connectivity index (χ3n) is 2.83. The largest absolute Gasteiger partial charge is 0.294 e. The zero-order valence-electron chi connectivity index (χ0n) is 9.73. The van der Waals surface area contributed by atoms with Crippen LogP contribution in [0.5, 0.6) is 0 Å². The van der Waals surface area contributed by atoms with Crippen LogP contribution >= 0.6 is 42.5 Å². The highest BCUT2D eigenvalue weighted by molar-refractivity contribution is 9.11. The molecule has 0 bridgehead atoms. The summed E-state index contributed by atoms with van der Waals surface area (Å²) >= 11 is 6.65. The van der Waals surface area contributed by atoms with Crippen molar-refractivity contribution in [2.45, 2.75) is 18.6 Å². The van der Waals surface area contributed by atoms with Crippen LogP contribution in [0.2, 0.25) is 0 Å². The maximum Gasteiger partial charge on any atom is 0.237 e. The molecule has 1 atom stereocenters. The summed E-state index contributed by atoms with van der Waals surface area (Å²) in [5, 5.41) is -0.890. The molecule has 1 aliphatic rings. The molecule has 1 aliphatic heterocycles. The molecule has 1 fully saturated rings. The van der Waals surface area contributed by atoms with Gasteiger partial charge in [-0.1, -0.05) is 0 Å². The van der Waals surface area contributed by atoms with Gasteiger partial charge >= 0.3 is 0 Å². The predicted molar refractivity (Wildman–Crippen MR) is 79.9 cm³/mol. The number of hydrogen-bond donors (Lipinski definition) is 0. The van der Waals surface area contributed by atoms with Crippen molar-refractivity contribution in [3.8, 4) is 0 Å². The van der Waals surface area contributed by atoms with Crippen LogP contribution in [-0.4, -0.2) is 31.1 Å². The minimum Gasteiger partial charge on any atom is -0.294 e. The van der Waals surface area contributed by atoms with Crippen molar-refractivity contribution in [3.05, 3.63) is 20.7 Å². The first-order valence-corrected chi connectivity index (χ1v) is 9.22. The summed E-state index contributed by atoms with van der Waals surface area (Å²) < 4.78 is 24.0. The third kappa shape index (κ3) is 3.12. The van der Waals surface area contributed by atoms with Crippen molar-refractivity contribution in [2.24, 2.45) is 0 Å². The molecular weight excluding hydrogens is 423 g/mol. The van der Waals surface area contributed by atoms with E-state index in [2.05, 4.69) is 36.8 Å². The quantitative estimate of drug-likeness (QED) is 0.674. The summed E-state index contributed by atoms with van der Waals surface area (Å²) in [5.74, 6) is 0.109. The first-order valence-electron chi connectivity index (χ1n) is 5.26. The van der Waals surface area contributed by atoms with Crippen LogP contribution < -0.4 is 4.90 Å². The van der Waals surface area contributed by atoms with Gasteiger partial charge in [-0.25, -0.2) is 13.4 Å². The molecule has 1 aromatic rings. The third-order valence-corrected chi connectivity index (χ3v) is 6.08. The van der Waals surface area contributed by atoms with Gasteiger partial charge in [0.2, 0.25) is 15.0 Å². The van der Waals surface area contributed by atoms with Crippen molar-refractivity contribution in [1.29, 1.82) is 0 Å². The van der Waals surface area contributed by atoms with Gasteiger partial charge in [0.25, 0.3) is 0 Å². The second-order valence-corrected chi connectivity index (χ2v) is 8.78. The van der Waals surface area contributed by atoms with E-state index in [1.165, 1.54) is 4.90 Å². The van der Waals surface area contributed by atoms with E-state index >= 15 is 0 Å². The number of aromatic nitrogens is 1. The van der Waals surface area contributed by atoms with Gasteiger partial charge in [0.05, 0.1) is 10.2 Å². The Morgan fingerprint density at radius 2 is 2.05 bits per heavy atom. The first-order chi connectivity index (χ1) is 8.70. The van der Waals surface area contributed by atoms with E-state index in [1.54, 1.807) is 13.0 Å². The van der Waals surface area contributed by atoms with E-state index in [4.69, 9.17) is 10.7 Å². The van der Waals surface area contributed by atoms with Crippen LogP contribution in [0, 0.1) is 6.92 Å². The van der Waals surface area contributed by atoms with Crippen molar-refractivity contribution < 1.29 is 13.2 Å². The van der Waals surface area contributed by atoms with Gasteiger partial charge in [0, 0.05) is 28.1 Å². The van der Waals surface area contributed by atoms with Gasteiger partial charge < -0.3 is 0 Å². The minimum absolute atomic E-state index is 0.0251. The lowest BCUT2D eigenvalue weighted by molar-refractivity contribution is -0.117. The van der Waals surface area contributed by atoms with Crippen LogP contribution in [0.4, 0.5) is 5.82 Å². The van der Waals surface area contributed by atoms with Gasteiger partial charge in [0.15, 0.2) is 0 Å². The Labute approximate surface area is 132 Å². The molecule has 104 valence electrons. The lowest BCUT2D eigenvalue weighted by Crippen LogP contribution is -2.28. The molecule has 0 aromatic carbocycles. The molecule has 0 N–H and O–H groups in total. The van der Waals surface area contributed by atoms with Crippen molar-refractivity contribution in [2.75, 3.05) is 11.4 Å². The normalized spacial score (nSPS) is 20.1. The fourth-order valence-corrected chi connectivity index (χ4v) is 3.99. The molecule has 2 rings (SSSR count). The Bertz CT molecular complexity index is 650.